The Kier molecular flexibility index (Phi) is 6.45. The number of thiocarbonyl (C=S) groups is 1. The van der Waals surface area contributed by atoms with Crippen molar-refractivity contribution in [2.75, 3.05) is 18.6 Å². The predicted molar refractivity (Wildman–Crippen MR) is 114 cm³/mol. The summed E-state index contributed by atoms with van der Waals surface area (Å²) in [4.78, 5) is 39.6. The van der Waals surface area contributed by atoms with Gasteiger partial charge in [0.25, 0.3) is 11.8 Å². The zero-order chi connectivity index (χ0) is 21.0. The molecule has 0 aliphatic carbocycles. The summed E-state index contributed by atoms with van der Waals surface area (Å²) in [5.74, 6) is -0.459. The van der Waals surface area contributed by atoms with Crippen LogP contribution in [0.5, 0.6) is 5.75 Å². The van der Waals surface area contributed by atoms with E-state index in [-0.39, 0.29) is 17.4 Å². The first-order chi connectivity index (χ1) is 14.0. The number of rotatable bonds is 7. The number of methoxy groups -OCH3 is 1. The van der Waals surface area contributed by atoms with E-state index in [0.29, 0.717) is 22.9 Å². The molecule has 152 valence electrons. The molecule has 0 spiro atoms. The molecule has 0 bridgehead atoms. The summed E-state index contributed by atoms with van der Waals surface area (Å²) in [5, 5.41) is 5.84. The molecular weight excluding hydrogens is 412 g/mol. The number of amides is 3. The van der Waals surface area contributed by atoms with Crippen molar-refractivity contribution in [3.63, 3.8) is 0 Å². The highest BCUT2D eigenvalue weighted by molar-refractivity contribution is 7.80. The Morgan fingerprint density at radius 2 is 1.97 bits per heavy atom. The fourth-order valence-corrected chi connectivity index (χ4v) is 3.87. The average Bonchev–Trinajstić information content (AvgIpc) is 3.32. The van der Waals surface area contributed by atoms with Crippen LogP contribution in [-0.2, 0) is 9.59 Å². The molecule has 10 heteroatoms. The third kappa shape index (κ3) is 4.38. The Morgan fingerprint density at radius 3 is 2.55 bits per heavy atom. The molecule has 1 saturated heterocycles. The Balaban J connectivity index is 1.89. The molecule has 1 atom stereocenters. The fourth-order valence-electron chi connectivity index (χ4n) is 2.89. The summed E-state index contributed by atoms with van der Waals surface area (Å²) < 4.78 is 5.15. The molecule has 8 nitrogen and oxygen atoms in total. The van der Waals surface area contributed by atoms with Crippen molar-refractivity contribution in [1.82, 2.24) is 15.8 Å². The van der Waals surface area contributed by atoms with Gasteiger partial charge in [-0.15, -0.1) is 11.3 Å². The number of carbonyl (C=O) groups is 3. The van der Waals surface area contributed by atoms with Crippen LogP contribution in [0.4, 0.5) is 5.69 Å². The van der Waals surface area contributed by atoms with Crippen LogP contribution in [0.1, 0.15) is 23.0 Å². The van der Waals surface area contributed by atoms with Crippen LogP contribution in [0, 0.1) is 0 Å². The van der Waals surface area contributed by atoms with Gasteiger partial charge in [-0.3, -0.25) is 24.7 Å². The number of ether oxygens (including phenoxy) is 1. The SMILES string of the molecule is CCNC(=O)CC1C(=O)N(c2ccc(OC)cc2)C(=S)N1NC(=O)c1cccs1. The Labute approximate surface area is 177 Å². The summed E-state index contributed by atoms with van der Waals surface area (Å²) in [6.45, 7) is 2.23. The third-order valence-corrected chi connectivity index (χ3v) is 5.51. The van der Waals surface area contributed by atoms with Gasteiger partial charge >= 0.3 is 0 Å². The molecule has 29 heavy (non-hydrogen) atoms. The van der Waals surface area contributed by atoms with E-state index >= 15 is 0 Å². The summed E-state index contributed by atoms with van der Waals surface area (Å²) in [7, 11) is 1.55. The quantitative estimate of drug-likeness (QED) is 0.650. The maximum absolute atomic E-state index is 13.1. The maximum atomic E-state index is 13.1. The number of anilines is 1. The van der Waals surface area contributed by atoms with Crippen LogP contribution < -0.4 is 20.4 Å². The van der Waals surface area contributed by atoms with Crippen molar-refractivity contribution < 1.29 is 19.1 Å². The van der Waals surface area contributed by atoms with E-state index in [1.165, 1.54) is 21.2 Å². The van der Waals surface area contributed by atoms with Gasteiger partial charge < -0.3 is 10.1 Å². The molecule has 1 fully saturated rings. The number of hydrazine groups is 1. The maximum Gasteiger partial charge on any atom is 0.279 e. The predicted octanol–water partition coefficient (Wildman–Crippen LogP) is 1.93. The van der Waals surface area contributed by atoms with Crippen LogP contribution >= 0.6 is 23.6 Å². The van der Waals surface area contributed by atoms with Gasteiger partial charge in [0.15, 0.2) is 0 Å². The zero-order valence-electron chi connectivity index (χ0n) is 15.9. The molecule has 1 aromatic heterocycles. The zero-order valence-corrected chi connectivity index (χ0v) is 17.5. The van der Waals surface area contributed by atoms with Crippen molar-refractivity contribution in [2.24, 2.45) is 0 Å². The van der Waals surface area contributed by atoms with Crippen LogP contribution in [-0.4, -0.2) is 47.5 Å². The second-order valence-corrected chi connectivity index (χ2v) is 7.43. The molecule has 3 rings (SSSR count). The van der Waals surface area contributed by atoms with Crippen LogP contribution in [0.25, 0.3) is 0 Å². The van der Waals surface area contributed by atoms with Gasteiger partial charge in [0.05, 0.1) is 24.1 Å². The van der Waals surface area contributed by atoms with Crippen LogP contribution in [0.3, 0.4) is 0 Å². The molecule has 0 radical (unpaired) electrons. The number of nitrogens with one attached hydrogen (secondary N) is 2. The van der Waals surface area contributed by atoms with Crippen LogP contribution in [0.15, 0.2) is 41.8 Å². The Bertz CT molecular complexity index is 915. The standard InChI is InChI=1S/C19H20N4O4S2/c1-3-20-16(24)11-14-18(26)22(12-6-8-13(27-2)9-7-12)19(28)23(14)21-17(25)15-5-4-10-29-15/h4-10,14H,3,11H2,1-2H3,(H,20,24)(H,21,25). The number of nitrogens with zero attached hydrogens (tertiary/aromatic N) is 2. The van der Waals surface area contributed by atoms with E-state index in [1.807, 2.05) is 0 Å². The van der Waals surface area contributed by atoms with E-state index < -0.39 is 17.9 Å². The molecule has 3 amide bonds. The van der Waals surface area contributed by atoms with Gasteiger partial charge in [-0.1, -0.05) is 6.07 Å². The van der Waals surface area contributed by atoms with Gasteiger partial charge in [-0.05, 0) is 54.9 Å². The minimum atomic E-state index is -0.944. The van der Waals surface area contributed by atoms with Gasteiger partial charge in [-0.25, -0.2) is 5.01 Å². The smallest absolute Gasteiger partial charge is 0.279 e. The van der Waals surface area contributed by atoms with E-state index in [2.05, 4.69) is 10.7 Å². The van der Waals surface area contributed by atoms with E-state index in [9.17, 15) is 14.4 Å². The van der Waals surface area contributed by atoms with Gasteiger partial charge in [0.1, 0.15) is 11.8 Å². The summed E-state index contributed by atoms with van der Waals surface area (Å²) >= 11 is 6.75. The highest BCUT2D eigenvalue weighted by Gasteiger charge is 2.45. The molecule has 0 saturated carbocycles. The lowest BCUT2D eigenvalue weighted by Gasteiger charge is -2.24. The molecule has 2 aromatic rings. The van der Waals surface area contributed by atoms with Gasteiger partial charge in [0.2, 0.25) is 11.0 Å². The minimum absolute atomic E-state index is 0.0966. The minimum Gasteiger partial charge on any atom is -0.497 e. The molecule has 1 unspecified atom stereocenters. The van der Waals surface area contributed by atoms with E-state index in [4.69, 9.17) is 17.0 Å². The van der Waals surface area contributed by atoms with E-state index in [1.54, 1.807) is 55.8 Å². The highest BCUT2D eigenvalue weighted by atomic mass is 32.1. The Hall–Kier alpha value is -2.98. The van der Waals surface area contributed by atoms with Gasteiger partial charge in [0, 0.05) is 6.54 Å². The van der Waals surface area contributed by atoms with Crippen molar-refractivity contribution in [3.05, 3.63) is 46.7 Å². The molecule has 2 N–H and O–H groups in total. The van der Waals surface area contributed by atoms with E-state index in [0.717, 1.165) is 0 Å². The summed E-state index contributed by atoms with van der Waals surface area (Å²) in [6.07, 6.45) is -0.135. The molecule has 1 aliphatic heterocycles. The molecular formula is C19H20N4O4S2. The lowest BCUT2D eigenvalue weighted by molar-refractivity contribution is -0.127. The molecule has 2 heterocycles. The lowest BCUT2D eigenvalue weighted by Crippen LogP contribution is -2.50. The third-order valence-electron chi connectivity index (χ3n) is 4.26. The first kappa shape index (κ1) is 20.7. The highest BCUT2D eigenvalue weighted by Crippen LogP contribution is 2.28. The average molecular weight is 433 g/mol. The number of thiophene rings is 1. The van der Waals surface area contributed by atoms with Crippen molar-refractivity contribution >= 4 is 52.1 Å². The van der Waals surface area contributed by atoms with Crippen LogP contribution in [0.2, 0.25) is 0 Å². The first-order valence-electron chi connectivity index (χ1n) is 8.88. The second-order valence-electron chi connectivity index (χ2n) is 6.12. The monoisotopic (exact) mass is 432 g/mol. The number of benzene rings is 1. The fraction of sp³-hybridized carbons (Fsp3) is 0.263. The Morgan fingerprint density at radius 1 is 1.24 bits per heavy atom. The molecule has 1 aromatic carbocycles. The van der Waals surface area contributed by atoms with Crippen molar-refractivity contribution in [3.8, 4) is 5.75 Å². The summed E-state index contributed by atoms with van der Waals surface area (Å²) in [6, 6.07) is 9.27. The number of hydrogen-bond donors (Lipinski definition) is 2. The summed E-state index contributed by atoms with van der Waals surface area (Å²) in [5.41, 5.74) is 3.20. The van der Waals surface area contributed by atoms with Crippen molar-refractivity contribution in [1.29, 1.82) is 0 Å². The number of carbonyl (C=O) groups excluding carboxylic acids is 3. The number of hydrogen-bond acceptors (Lipinski definition) is 6. The second kappa shape index (κ2) is 9.01. The topological polar surface area (TPSA) is 91.0 Å². The first-order valence-corrected chi connectivity index (χ1v) is 10.2. The largest absolute Gasteiger partial charge is 0.497 e. The molecule has 1 aliphatic rings. The normalized spacial score (nSPS) is 16.1. The lowest BCUT2D eigenvalue weighted by atomic mass is 10.2. The van der Waals surface area contributed by atoms with Crippen molar-refractivity contribution in [2.45, 2.75) is 19.4 Å². The van der Waals surface area contributed by atoms with Gasteiger partial charge in [-0.2, -0.15) is 0 Å².